The van der Waals surface area contributed by atoms with E-state index in [-0.39, 0.29) is 17.5 Å². The molecule has 0 fully saturated rings. The molecule has 0 bridgehead atoms. The normalized spacial score (nSPS) is 14.5. The standard InChI is InChI=1S/C35H31ClN2O5S/c1-3-26(23-12-14-25(15-13-23)38-19-16-22-8-4-5-9-27(22)33(38)39)34(40)43-31-20-24-21-37(18-17-30(24)44-31)32(35(41)42-2)28-10-6-7-11-29(28)36/h4-16,19-20,26,32H,3,17-18,21H2,1-2H3/t26?,32-/m0/s1. The van der Waals surface area contributed by atoms with Crippen LogP contribution in [0.15, 0.2) is 95.9 Å². The van der Waals surface area contributed by atoms with E-state index in [9.17, 15) is 14.4 Å². The van der Waals surface area contributed by atoms with Gasteiger partial charge >= 0.3 is 11.9 Å². The largest absolute Gasteiger partial charge is 0.468 e. The van der Waals surface area contributed by atoms with Crippen molar-refractivity contribution >= 4 is 45.6 Å². The highest BCUT2D eigenvalue weighted by Gasteiger charge is 2.34. The Morgan fingerprint density at radius 2 is 1.73 bits per heavy atom. The third kappa shape index (κ3) is 5.80. The van der Waals surface area contributed by atoms with Crippen LogP contribution in [0.3, 0.4) is 0 Å². The molecule has 0 amide bonds. The number of benzene rings is 3. The predicted octanol–water partition coefficient (Wildman–Crippen LogP) is 7.08. The number of rotatable bonds is 8. The molecule has 44 heavy (non-hydrogen) atoms. The second-order valence-corrected chi connectivity index (χ2v) is 12.2. The fraction of sp³-hybridized carbons (Fsp3) is 0.229. The van der Waals surface area contributed by atoms with Gasteiger partial charge in [0, 0.05) is 40.3 Å². The lowest BCUT2D eigenvalue weighted by molar-refractivity contribution is -0.147. The molecule has 0 radical (unpaired) electrons. The number of halogens is 1. The summed E-state index contributed by atoms with van der Waals surface area (Å²) in [5, 5.41) is 2.59. The maximum Gasteiger partial charge on any atom is 0.327 e. The van der Waals surface area contributed by atoms with Crippen molar-refractivity contribution in [2.24, 2.45) is 0 Å². The first-order chi connectivity index (χ1) is 21.4. The minimum atomic E-state index is -0.634. The summed E-state index contributed by atoms with van der Waals surface area (Å²) in [6.07, 6.45) is 3.04. The molecule has 3 aromatic carbocycles. The monoisotopic (exact) mass is 626 g/mol. The van der Waals surface area contributed by atoms with Gasteiger partial charge in [-0.2, -0.15) is 0 Å². The highest BCUT2D eigenvalue weighted by molar-refractivity contribution is 7.14. The molecule has 224 valence electrons. The molecule has 0 spiro atoms. The number of methoxy groups -OCH3 is 1. The summed E-state index contributed by atoms with van der Waals surface area (Å²) in [4.78, 5) is 42.4. The Morgan fingerprint density at radius 3 is 2.48 bits per heavy atom. The Bertz CT molecular complexity index is 1900. The number of ether oxygens (including phenoxy) is 2. The van der Waals surface area contributed by atoms with Crippen molar-refractivity contribution in [3.63, 3.8) is 0 Å². The lowest BCUT2D eigenvalue weighted by atomic mass is 9.96. The van der Waals surface area contributed by atoms with E-state index >= 15 is 0 Å². The maximum atomic E-state index is 13.4. The molecule has 1 unspecified atom stereocenters. The minimum absolute atomic E-state index is 0.0905. The van der Waals surface area contributed by atoms with Crippen LogP contribution in [0.2, 0.25) is 5.02 Å². The number of hydrogen-bond donors (Lipinski definition) is 0. The zero-order valence-electron chi connectivity index (χ0n) is 24.4. The van der Waals surface area contributed by atoms with Gasteiger partial charge in [-0.1, -0.05) is 67.1 Å². The summed E-state index contributed by atoms with van der Waals surface area (Å²) in [5.74, 6) is -1.16. The van der Waals surface area contributed by atoms with Gasteiger partial charge in [0.1, 0.15) is 6.04 Å². The number of nitrogens with zero attached hydrogens (tertiary/aromatic N) is 2. The molecule has 0 saturated heterocycles. The van der Waals surface area contributed by atoms with Crippen LogP contribution in [0, 0.1) is 0 Å². The lowest BCUT2D eigenvalue weighted by Crippen LogP contribution is -2.38. The Balaban J connectivity index is 1.17. The molecule has 7 nitrogen and oxygen atoms in total. The maximum absolute atomic E-state index is 13.4. The molecule has 3 heterocycles. The number of aromatic nitrogens is 1. The van der Waals surface area contributed by atoms with Crippen LogP contribution in [0.5, 0.6) is 5.06 Å². The summed E-state index contributed by atoms with van der Waals surface area (Å²) >= 11 is 7.92. The highest BCUT2D eigenvalue weighted by atomic mass is 35.5. The number of carbonyl (C=O) groups excluding carboxylic acids is 2. The Morgan fingerprint density at radius 1 is 0.977 bits per heavy atom. The van der Waals surface area contributed by atoms with Crippen molar-refractivity contribution in [3.8, 4) is 10.8 Å². The van der Waals surface area contributed by atoms with Gasteiger partial charge < -0.3 is 9.47 Å². The summed E-state index contributed by atoms with van der Waals surface area (Å²) < 4.78 is 12.7. The van der Waals surface area contributed by atoms with Crippen molar-refractivity contribution in [2.45, 2.75) is 38.3 Å². The molecule has 0 saturated carbocycles. The van der Waals surface area contributed by atoms with E-state index in [4.69, 9.17) is 21.1 Å². The fourth-order valence-corrected chi connectivity index (χ4v) is 7.10. The molecule has 0 aliphatic carbocycles. The van der Waals surface area contributed by atoms with E-state index in [0.717, 1.165) is 27.1 Å². The fourth-order valence-electron chi connectivity index (χ4n) is 5.85. The number of esters is 2. The first kappa shape index (κ1) is 29.8. The Labute approximate surface area is 264 Å². The van der Waals surface area contributed by atoms with Crippen LogP contribution < -0.4 is 10.3 Å². The summed E-state index contributed by atoms with van der Waals surface area (Å²) in [6, 6.07) is 25.5. The lowest BCUT2D eigenvalue weighted by Gasteiger charge is -2.33. The van der Waals surface area contributed by atoms with E-state index in [1.165, 1.54) is 18.4 Å². The number of hydrogen-bond acceptors (Lipinski definition) is 7. The summed E-state index contributed by atoms with van der Waals surface area (Å²) in [7, 11) is 1.38. The van der Waals surface area contributed by atoms with Crippen LogP contribution in [-0.4, -0.2) is 35.1 Å². The van der Waals surface area contributed by atoms with Crippen molar-refractivity contribution in [2.75, 3.05) is 13.7 Å². The number of thiophene rings is 1. The average molecular weight is 627 g/mol. The van der Waals surface area contributed by atoms with E-state index in [1.807, 2.05) is 90.7 Å². The van der Waals surface area contributed by atoms with Gasteiger partial charge in [0.15, 0.2) is 5.06 Å². The second kappa shape index (κ2) is 12.8. The number of pyridine rings is 1. The van der Waals surface area contributed by atoms with E-state index in [0.29, 0.717) is 47.0 Å². The molecule has 2 aromatic heterocycles. The smallest absolute Gasteiger partial charge is 0.327 e. The van der Waals surface area contributed by atoms with Crippen molar-refractivity contribution < 1.29 is 19.1 Å². The molecule has 1 aliphatic heterocycles. The van der Waals surface area contributed by atoms with Gasteiger partial charge in [0.2, 0.25) is 0 Å². The molecule has 1 aliphatic rings. The molecule has 2 atom stereocenters. The van der Waals surface area contributed by atoms with Gasteiger partial charge in [0.05, 0.1) is 13.0 Å². The number of carbonyl (C=O) groups is 2. The van der Waals surface area contributed by atoms with E-state index < -0.39 is 12.0 Å². The molecule has 5 aromatic rings. The topological polar surface area (TPSA) is 77.8 Å². The minimum Gasteiger partial charge on any atom is -0.468 e. The van der Waals surface area contributed by atoms with Crippen molar-refractivity contribution in [1.29, 1.82) is 0 Å². The van der Waals surface area contributed by atoms with Gasteiger partial charge in [0.25, 0.3) is 5.56 Å². The van der Waals surface area contributed by atoms with Crippen LogP contribution >= 0.6 is 22.9 Å². The zero-order valence-corrected chi connectivity index (χ0v) is 25.9. The Hall–Kier alpha value is -4.24. The molecular weight excluding hydrogens is 596 g/mol. The van der Waals surface area contributed by atoms with Crippen molar-refractivity contribution in [1.82, 2.24) is 9.47 Å². The van der Waals surface area contributed by atoms with E-state index in [2.05, 4.69) is 0 Å². The first-order valence-corrected chi connectivity index (χ1v) is 15.7. The molecule has 6 rings (SSSR count). The van der Waals surface area contributed by atoms with E-state index in [1.54, 1.807) is 16.8 Å². The van der Waals surface area contributed by atoms with Gasteiger partial charge in [-0.3, -0.25) is 19.1 Å². The second-order valence-electron chi connectivity index (χ2n) is 10.7. The van der Waals surface area contributed by atoms with Crippen LogP contribution in [-0.2, 0) is 27.3 Å². The quantitative estimate of drug-likeness (QED) is 0.171. The highest BCUT2D eigenvalue weighted by Crippen LogP contribution is 2.38. The molecule has 0 N–H and O–H groups in total. The molecular formula is C35H31ClN2O5S. The van der Waals surface area contributed by atoms with Crippen LogP contribution in [0.4, 0.5) is 0 Å². The van der Waals surface area contributed by atoms with Gasteiger partial charge in [-0.25, -0.2) is 4.79 Å². The summed E-state index contributed by atoms with van der Waals surface area (Å²) in [6.45, 7) is 3.09. The third-order valence-electron chi connectivity index (χ3n) is 8.14. The van der Waals surface area contributed by atoms with Crippen molar-refractivity contribution in [3.05, 3.63) is 128 Å². The third-order valence-corrected chi connectivity index (χ3v) is 9.60. The Kier molecular flexibility index (Phi) is 8.66. The van der Waals surface area contributed by atoms with Gasteiger partial charge in [-0.15, -0.1) is 11.3 Å². The zero-order chi connectivity index (χ0) is 30.8. The van der Waals surface area contributed by atoms with Crippen LogP contribution in [0.1, 0.15) is 46.9 Å². The predicted molar refractivity (Wildman–Crippen MR) is 173 cm³/mol. The number of fused-ring (bicyclic) bond motifs is 2. The molecule has 9 heteroatoms. The first-order valence-electron chi connectivity index (χ1n) is 14.5. The summed E-state index contributed by atoms with van der Waals surface area (Å²) in [5.41, 5.74) is 3.18. The average Bonchev–Trinajstić information content (AvgIpc) is 3.44. The van der Waals surface area contributed by atoms with Crippen LogP contribution in [0.25, 0.3) is 16.5 Å². The SMILES string of the molecule is CCC(C(=O)Oc1cc2c(s1)CCN([C@H](C(=O)OC)c1ccccc1Cl)C2)c1ccc(-n2ccc3ccccc3c2=O)cc1. The van der Waals surface area contributed by atoms with Gasteiger partial charge in [-0.05, 0) is 71.3 Å².